The third-order valence-electron chi connectivity index (χ3n) is 8.09. The summed E-state index contributed by atoms with van der Waals surface area (Å²) in [5.74, 6) is -0.504. The van der Waals surface area contributed by atoms with Crippen molar-refractivity contribution in [3.8, 4) is 0 Å². The minimum atomic E-state index is -0.806. The fraction of sp³-hybridized carbons (Fsp3) is 0.514. The first-order valence-corrected chi connectivity index (χ1v) is 16.5. The highest BCUT2D eigenvalue weighted by Gasteiger charge is 2.43. The number of aromatic nitrogens is 3. The van der Waals surface area contributed by atoms with Crippen LogP contribution in [0.2, 0.25) is 0 Å². The second-order valence-electron chi connectivity index (χ2n) is 14.9. The molecule has 0 bridgehead atoms. The quantitative estimate of drug-likeness (QED) is 0.178. The van der Waals surface area contributed by atoms with Gasteiger partial charge in [0.1, 0.15) is 16.4 Å². The third-order valence-corrected chi connectivity index (χ3v) is 8.82. The number of hydrogen-bond donors (Lipinski definition) is 2. The summed E-state index contributed by atoms with van der Waals surface area (Å²) in [6, 6.07) is 14.5. The van der Waals surface area contributed by atoms with Gasteiger partial charge in [-0.15, -0.1) is 0 Å². The average molecular weight is 651 g/mol. The van der Waals surface area contributed by atoms with Gasteiger partial charge < -0.3 is 15.0 Å². The van der Waals surface area contributed by atoms with Crippen LogP contribution in [0.25, 0.3) is 0 Å². The van der Waals surface area contributed by atoms with E-state index in [-0.39, 0.29) is 28.5 Å². The van der Waals surface area contributed by atoms with E-state index in [4.69, 9.17) is 9.72 Å². The fourth-order valence-corrected chi connectivity index (χ4v) is 6.25. The molecule has 4 rings (SSSR count). The molecule has 2 amide bonds. The summed E-state index contributed by atoms with van der Waals surface area (Å²) in [5, 5.41) is 4.13. The molecule has 0 saturated carbocycles. The van der Waals surface area contributed by atoms with Crippen molar-refractivity contribution in [2.75, 3.05) is 11.9 Å². The molecule has 0 aromatic carbocycles. The number of rotatable bonds is 9. The lowest BCUT2D eigenvalue weighted by molar-refractivity contribution is 0.0130. The van der Waals surface area contributed by atoms with E-state index in [1.807, 2.05) is 76.8 Å². The van der Waals surface area contributed by atoms with Gasteiger partial charge in [0.05, 0.1) is 16.8 Å². The summed E-state index contributed by atoms with van der Waals surface area (Å²) in [6.07, 6.45) is 3.94. The maximum absolute atomic E-state index is 14.7. The average Bonchev–Trinajstić information content (AvgIpc) is 3.28. The van der Waals surface area contributed by atoms with Crippen LogP contribution in [-0.4, -0.2) is 49.5 Å². The minimum Gasteiger partial charge on any atom is -0.444 e. The largest absolute Gasteiger partial charge is 0.444 e. The molecule has 2 atom stereocenters. The molecule has 1 saturated heterocycles. The molecule has 9 nitrogen and oxygen atoms in total. The Hall–Kier alpha value is -3.73. The van der Waals surface area contributed by atoms with E-state index < -0.39 is 23.0 Å². The molecule has 1 aliphatic heterocycles. The second kappa shape index (κ2) is 13.6. The Morgan fingerprint density at radius 1 is 1.00 bits per heavy atom. The Labute approximate surface area is 276 Å². The molecule has 0 radical (unpaired) electrons. The van der Waals surface area contributed by atoms with Gasteiger partial charge in [-0.1, -0.05) is 32.9 Å². The van der Waals surface area contributed by atoms with Crippen molar-refractivity contribution in [2.45, 2.75) is 109 Å². The normalized spacial score (nSPS) is 17.7. The molecule has 11 heteroatoms. The van der Waals surface area contributed by atoms with Gasteiger partial charge in [0.15, 0.2) is 0 Å². The summed E-state index contributed by atoms with van der Waals surface area (Å²) in [5.41, 5.74) is -0.465. The molecular weight excluding hydrogens is 603 g/mol. The summed E-state index contributed by atoms with van der Waals surface area (Å²) < 4.78 is 23.1. The van der Waals surface area contributed by atoms with E-state index in [9.17, 15) is 14.0 Å². The molecule has 46 heavy (non-hydrogen) atoms. The molecule has 2 N–H and O–H groups in total. The number of amides is 2. The molecule has 0 spiro atoms. The highest BCUT2D eigenvalue weighted by Crippen LogP contribution is 2.39. The van der Waals surface area contributed by atoms with Gasteiger partial charge >= 0.3 is 6.09 Å². The number of carbonyl (C=O) groups excluding carboxylic acids is 2. The van der Waals surface area contributed by atoms with Gasteiger partial charge in [-0.3, -0.25) is 14.5 Å². The Balaban J connectivity index is 1.45. The number of pyridine rings is 3. The first-order chi connectivity index (χ1) is 21.4. The molecule has 1 aliphatic rings. The number of hydrogen-bond acceptors (Lipinski definition) is 8. The molecule has 248 valence electrons. The smallest absolute Gasteiger partial charge is 0.410 e. The number of halogens is 1. The van der Waals surface area contributed by atoms with Crippen LogP contribution in [0.3, 0.4) is 0 Å². The lowest BCUT2D eigenvalue weighted by atomic mass is 9.85. The zero-order valence-corrected chi connectivity index (χ0v) is 29.2. The van der Waals surface area contributed by atoms with Crippen LogP contribution in [0.4, 0.5) is 15.0 Å². The zero-order chi connectivity index (χ0) is 33.9. The van der Waals surface area contributed by atoms with Crippen molar-refractivity contribution in [1.82, 2.24) is 24.6 Å². The second-order valence-corrected chi connectivity index (χ2v) is 15.7. The third kappa shape index (κ3) is 8.96. The summed E-state index contributed by atoms with van der Waals surface area (Å²) in [4.78, 5) is 41.0. The van der Waals surface area contributed by atoms with E-state index in [2.05, 4.69) is 40.8 Å². The van der Waals surface area contributed by atoms with Crippen molar-refractivity contribution < 1.29 is 18.7 Å². The van der Waals surface area contributed by atoms with Crippen molar-refractivity contribution in [2.24, 2.45) is 5.92 Å². The first kappa shape index (κ1) is 35.1. The van der Waals surface area contributed by atoms with Crippen molar-refractivity contribution >= 4 is 29.8 Å². The monoisotopic (exact) mass is 650 g/mol. The van der Waals surface area contributed by atoms with E-state index in [1.165, 1.54) is 6.07 Å². The first-order valence-electron chi connectivity index (χ1n) is 15.7. The summed E-state index contributed by atoms with van der Waals surface area (Å²) in [6.45, 7) is 18.4. The van der Waals surface area contributed by atoms with E-state index >= 15 is 0 Å². The zero-order valence-electron chi connectivity index (χ0n) is 28.4. The van der Waals surface area contributed by atoms with E-state index in [0.29, 0.717) is 23.1 Å². The minimum absolute atomic E-state index is 0.127. The van der Waals surface area contributed by atoms with Gasteiger partial charge in [-0.2, -0.15) is 4.39 Å². The molecule has 1 fully saturated rings. The molecule has 3 aromatic rings. The van der Waals surface area contributed by atoms with Crippen LogP contribution in [-0.2, 0) is 15.7 Å². The number of ether oxygens (including phenoxy) is 1. The van der Waals surface area contributed by atoms with Gasteiger partial charge in [-0.05, 0) is 103 Å². The predicted molar refractivity (Wildman–Crippen MR) is 180 cm³/mol. The predicted octanol–water partition coefficient (Wildman–Crippen LogP) is 7.89. The highest BCUT2D eigenvalue weighted by atomic mass is 32.2. The molecule has 3 aromatic heterocycles. The van der Waals surface area contributed by atoms with Crippen molar-refractivity contribution in [1.29, 1.82) is 0 Å². The fourth-order valence-electron chi connectivity index (χ4n) is 5.65. The van der Waals surface area contributed by atoms with E-state index in [1.54, 1.807) is 18.3 Å². The lowest BCUT2D eigenvalue weighted by Gasteiger charge is -2.33. The Bertz CT molecular complexity index is 1540. The van der Waals surface area contributed by atoms with Crippen LogP contribution >= 0.6 is 11.9 Å². The molecule has 2 unspecified atom stereocenters. The van der Waals surface area contributed by atoms with Crippen LogP contribution < -0.4 is 10.0 Å². The van der Waals surface area contributed by atoms with Crippen LogP contribution in [0.1, 0.15) is 103 Å². The Kier molecular flexibility index (Phi) is 10.4. The Morgan fingerprint density at radius 2 is 1.74 bits per heavy atom. The van der Waals surface area contributed by atoms with Crippen LogP contribution in [0, 0.1) is 11.9 Å². The number of nitrogens with one attached hydrogen (secondary N) is 2. The molecule has 4 heterocycles. The van der Waals surface area contributed by atoms with Crippen LogP contribution in [0.15, 0.2) is 59.8 Å². The number of carbonyl (C=O) groups is 2. The standard InChI is InChI=1S/C35H47FN6O3S/c1-32(2,3)25-17-16-24(29(36)38-25)30(43)41-46-28-15-12-14-27(39-28)40-35(9,26-13-10-11-20-37-26)19-18-23-21-34(7,8)42(22-23)31(44)45-33(4,5)6/h10-17,20,23H,18-19,21-22H2,1-9H3,(H,39,40)(H,41,43). The molecular formula is C35H47FN6O3S. The maximum atomic E-state index is 14.7. The van der Waals surface area contributed by atoms with Gasteiger partial charge in [-0.25, -0.2) is 14.8 Å². The van der Waals surface area contributed by atoms with Crippen LogP contribution in [0.5, 0.6) is 0 Å². The lowest BCUT2D eigenvalue weighted by Crippen LogP contribution is -2.45. The Morgan fingerprint density at radius 3 is 2.37 bits per heavy atom. The maximum Gasteiger partial charge on any atom is 0.410 e. The van der Waals surface area contributed by atoms with Crippen molar-refractivity contribution in [3.63, 3.8) is 0 Å². The van der Waals surface area contributed by atoms with Gasteiger partial charge in [0.25, 0.3) is 5.91 Å². The SMILES string of the molecule is CC(C)(C)OC(=O)N1CC(CCC(C)(Nc2cccc(SNC(=O)c3ccc(C(C)(C)C)nc3F)n2)c2ccccn2)CC1(C)C. The van der Waals surface area contributed by atoms with Gasteiger partial charge in [0, 0.05) is 41.3 Å². The number of nitrogens with zero attached hydrogens (tertiary/aromatic N) is 4. The number of likely N-dealkylation sites (tertiary alicyclic amines) is 1. The van der Waals surface area contributed by atoms with Crippen molar-refractivity contribution in [3.05, 3.63) is 77.6 Å². The topological polar surface area (TPSA) is 109 Å². The molecule has 0 aliphatic carbocycles. The van der Waals surface area contributed by atoms with E-state index in [0.717, 1.165) is 36.9 Å². The number of anilines is 1. The van der Waals surface area contributed by atoms with Gasteiger partial charge in [0.2, 0.25) is 5.95 Å². The highest BCUT2D eigenvalue weighted by molar-refractivity contribution is 7.97. The summed E-state index contributed by atoms with van der Waals surface area (Å²) >= 11 is 1.01. The summed E-state index contributed by atoms with van der Waals surface area (Å²) in [7, 11) is 0.